The van der Waals surface area contributed by atoms with Crippen LogP contribution in [0.5, 0.6) is 0 Å². The number of hydrogen-bond acceptors (Lipinski definition) is 5. The molecule has 0 fully saturated rings. The van der Waals surface area contributed by atoms with Gasteiger partial charge in [-0.1, -0.05) is 35.3 Å². The number of nitrogens with one attached hydrogen (secondary N) is 2. The molecule has 6 nitrogen and oxygen atoms in total. The van der Waals surface area contributed by atoms with Crippen LogP contribution in [0, 0.1) is 0 Å². The number of para-hydroxylation sites is 1. The Kier molecular flexibility index (Phi) is 4.12. The summed E-state index contributed by atoms with van der Waals surface area (Å²) in [4.78, 5) is 29.1. The lowest BCUT2D eigenvalue weighted by atomic mass is 10.1. The molecule has 0 unspecified atom stereocenters. The van der Waals surface area contributed by atoms with E-state index in [4.69, 9.17) is 23.2 Å². The van der Waals surface area contributed by atoms with Gasteiger partial charge in [0.1, 0.15) is 23.4 Å². The minimum atomic E-state index is -0.395. The molecule has 0 spiro atoms. The monoisotopic (exact) mass is 389 g/mol. The number of thiophene rings is 1. The number of anilines is 1. The Hall–Kier alpha value is -2.48. The van der Waals surface area contributed by atoms with E-state index in [0.29, 0.717) is 16.9 Å². The molecule has 1 aromatic carbocycles. The molecule has 1 amide bonds. The zero-order valence-electron chi connectivity index (χ0n) is 12.5. The van der Waals surface area contributed by atoms with Crippen molar-refractivity contribution in [2.45, 2.75) is 0 Å². The van der Waals surface area contributed by atoms with E-state index < -0.39 is 5.91 Å². The number of carbonyl (C=O) groups excluding carboxylic acids is 1. The largest absolute Gasteiger partial charge is 0.337 e. The Morgan fingerprint density at radius 3 is 2.64 bits per heavy atom. The average Bonchev–Trinajstić information content (AvgIpc) is 3.26. The normalized spacial score (nSPS) is 11.0. The average molecular weight is 390 g/mol. The quantitative estimate of drug-likeness (QED) is 0.499. The molecule has 0 aliphatic rings. The first-order chi connectivity index (χ1) is 12.1. The first-order valence-electron chi connectivity index (χ1n) is 7.13. The number of hydrogen-bond donors (Lipinski definition) is 2. The number of rotatable bonds is 3. The highest BCUT2D eigenvalue weighted by atomic mass is 35.5. The van der Waals surface area contributed by atoms with Crippen molar-refractivity contribution < 1.29 is 4.79 Å². The first kappa shape index (κ1) is 16.0. The van der Waals surface area contributed by atoms with E-state index in [2.05, 4.69) is 25.3 Å². The summed E-state index contributed by atoms with van der Waals surface area (Å²) >= 11 is 13.5. The summed E-state index contributed by atoms with van der Waals surface area (Å²) in [6, 6.07) is 9.23. The summed E-state index contributed by atoms with van der Waals surface area (Å²) in [5.74, 6) is 0.317. The van der Waals surface area contributed by atoms with Gasteiger partial charge in [0.25, 0.3) is 5.91 Å². The van der Waals surface area contributed by atoms with Crippen LogP contribution in [0.1, 0.15) is 10.4 Å². The van der Waals surface area contributed by atoms with E-state index in [9.17, 15) is 4.79 Å². The van der Waals surface area contributed by atoms with Crippen molar-refractivity contribution in [1.29, 1.82) is 0 Å². The zero-order chi connectivity index (χ0) is 17.4. The Morgan fingerprint density at radius 1 is 1.12 bits per heavy atom. The van der Waals surface area contributed by atoms with Crippen LogP contribution in [0.2, 0.25) is 10.3 Å². The fourth-order valence-corrected chi connectivity index (χ4v) is 3.45. The van der Waals surface area contributed by atoms with E-state index in [0.717, 1.165) is 10.4 Å². The first-order valence-corrected chi connectivity index (χ1v) is 8.77. The molecule has 9 heteroatoms. The van der Waals surface area contributed by atoms with Crippen LogP contribution >= 0.6 is 34.5 Å². The second kappa shape index (κ2) is 6.44. The fraction of sp³-hybridized carbons (Fsp3) is 0. The SMILES string of the molecule is O=C(Nc1c(Cl)ncnc1Cl)c1cccc2[nH]c(-c3cccs3)nc12. The van der Waals surface area contributed by atoms with Crippen LogP contribution in [0.4, 0.5) is 5.69 Å². The third kappa shape index (κ3) is 2.97. The summed E-state index contributed by atoms with van der Waals surface area (Å²) in [7, 11) is 0. The van der Waals surface area contributed by atoms with Gasteiger partial charge in [-0.2, -0.15) is 0 Å². The van der Waals surface area contributed by atoms with Gasteiger partial charge in [0.2, 0.25) is 0 Å². The number of fused-ring (bicyclic) bond motifs is 1. The minimum Gasteiger partial charge on any atom is -0.337 e. The van der Waals surface area contributed by atoms with Crippen molar-refractivity contribution in [2.75, 3.05) is 5.32 Å². The van der Waals surface area contributed by atoms with Crippen molar-refractivity contribution in [3.8, 4) is 10.7 Å². The number of imidazole rings is 1. The molecule has 0 aliphatic heterocycles. The number of H-pyrrole nitrogens is 1. The van der Waals surface area contributed by atoms with Gasteiger partial charge < -0.3 is 10.3 Å². The van der Waals surface area contributed by atoms with Crippen LogP contribution in [0.15, 0.2) is 42.0 Å². The second-order valence-corrected chi connectivity index (χ2v) is 6.71. The maximum Gasteiger partial charge on any atom is 0.258 e. The molecule has 3 aromatic heterocycles. The van der Waals surface area contributed by atoms with Gasteiger partial charge in [-0.05, 0) is 23.6 Å². The molecular formula is C16H9Cl2N5OS. The molecule has 4 aromatic rings. The molecule has 0 saturated carbocycles. The lowest BCUT2D eigenvalue weighted by molar-refractivity contribution is 0.102. The summed E-state index contributed by atoms with van der Waals surface area (Å²) in [6.07, 6.45) is 1.22. The molecule has 3 heterocycles. The molecular weight excluding hydrogens is 381 g/mol. The maximum atomic E-state index is 12.7. The van der Waals surface area contributed by atoms with Gasteiger partial charge in [0.05, 0.1) is 16.0 Å². The lowest BCUT2D eigenvalue weighted by Crippen LogP contribution is -2.14. The lowest BCUT2D eigenvalue weighted by Gasteiger charge is -2.07. The molecule has 0 atom stereocenters. The van der Waals surface area contributed by atoms with Crippen molar-refractivity contribution in [3.63, 3.8) is 0 Å². The molecule has 0 aliphatic carbocycles. The van der Waals surface area contributed by atoms with Gasteiger partial charge in [0.15, 0.2) is 10.3 Å². The van der Waals surface area contributed by atoms with Crippen LogP contribution < -0.4 is 5.32 Å². The number of amides is 1. The van der Waals surface area contributed by atoms with E-state index in [-0.39, 0.29) is 16.0 Å². The fourth-order valence-electron chi connectivity index (χ4n) is 2.37. The number of aromatic amines is 1. The third-order valence-corrected chi connectivity index (χ3v) is 4.95. The Balaban J connectivity index is 1.75. The van der Waals surface area contributed by atoms with Crippen molar-refractivity contribution >= 4 is 57.2 Å². The minimum absolute atomic E-state index is 0.0711. The van der Waals surface area contributed by atoms with Gasteiger partial charge in [-0.3, -0.25) is 4.79 Å². The van der Waals surface area contributed by atoms with E-state index >= 15 is 0 Å². The summed E-state index contributed by atoms with van der Waals surface area (Å²) in [5.41, 5.74) is 1.89. The molecule has 0 bridgehead atoms. The number of benzene rings is 1. The number of nitrogens with zero attached hydrogens (tertiary/aromatic N) is 3. The third-order valence-electron chi connectivity index (χ3n) is 3.51. The Morgan fingerprint density at radius 2 is 1.92 bits per heavy atom. The van der Waals surface area contributed by atoms with Gasteiger partial charge >= 0.3 is 0 Å². The molecule has 0 radical (unpaired) electrons. The summed E-state index contributed by atoms with van der Waals surface area (Å²) in [5, 5.41) is 4.76. The molecule has 124 valence electrons. The van der Waals surface area contributed by atoms with E-state index in [1.165, 1.54) is 6.33 Å². The number of halogens is 2. The number of carbonyl (C=O) groups is 1. The summed E-state index contributed by atoms with van der Waals surface area (Å²) in [6.45, 7) is 0. The van der Waals surface area contributed by atoms with Crippen molar-refractivity contribution in [1.82, 2.24) is 19.9 Å². The zero-order valence-corrected chi connectivity index (χ0v) is 14.8. The standard InChI is InChI=1S/C16H9Cl2N5OS/c17-13-12(14(18)20-7-19-13)23-16(24)8-3-1-4-9-11(8)22-15(21-9)10-5-2-6-25-10/h1-7H,(H,21,22)(H,23,24). The van der Waals surface area contributed by atoms with Crippen LogP contribution in [-0.2, 0) is 0 Å². The molecule has 25 heavy (non-hydrogen) atoms. The smallest absolute Gasteiger partial charge is 0.258 e. The van der Waals surface area contributed by atoms with Crippen LogP contribution in [0.3, 0.4) is 0 Å². The highest BCUT2D eigenvalue weighted by Gasteiger charge is 2.18. The summed E-state index contributed by atoms with van der Waals surface area (Å²) < 4.78 is 0. The second-order valence-electron chi connectivity index (χ2n) is 5.05. The van der Waals surface area contributed by atoms with Crippen molar-refractivity contribution in [3.05, 3.63) is 57.9 Å². The molecule has 2 N–H and O–H groups in total. The van der Waals surface area contributed by atoms with Gasteiger partial charge in [0, 0.05) is 0 Å². The highest BCUT2D eigenvalue weighted by molar-refractivity contribution is 7.13. The maximum absolute atomic E-state index is 12.7. The van der Waals surface area contributed by atoms with Crippen molar-refractivity contribution in [2.24, 2.45) is 0 Å². The molecule has 0 saturated heterocycles. The Labute approximate surface area is 155 Å². The molecule has 4 rings (SSSR count). The van der Waals surface area contributed by atoms with Gasteiger partial charge in [-0.25, -0.2) is 15.0 Å². The topological polar surface area (TPSA) is 83.6 Å². The number of aromatic nitrogens is 4. The predicted molar refractivity (Wildman–Crippen MR) is 99.4 cm³/mol. The van der Waals surface area contributed by atoms with Crippen LogP contribution in [-0.4, -0.2) is 25.8 Å². The van der Waals surface area contributed by atoms with E-state index in [1.54, 1.807) is 23.5 Å². The Bertz CT molecular complexity index is 1060. The predicted octanol–water partition coefficient (Wildman–Crippen LogP) is 4.64. The van der Waals surface area contributed by atoms with Crippen LogP contribution in [0.25, 0.3) is 21.7 Å². The van der Waals surface area contributed by atoms with Gasteiger partial charge in [-0.15, -0.1) is 11.3 Å². The highest BCUT2D eigenvalue weighted by Crippen LogP contribution is 2.29. The van der Waals surface area contributed by atoms with E-state index in [1.807, 2.05) is 23.6 Å².